The second-order valence-corrected chi connectivity index (χ2v) is 4.93. The molecular weight excluding hydrogens is 131 g/mol. The minimum atomic E-state index is 1.07. The topological polar surface area (TPSA) is 0 Å². The van der Waals surface area contributed by atoms with Crippen LogP contribution in [0.5, 0.6) is 0 Å². The molecule has 1 radical (unpaired) electrons. The summed E-state index contributed by atoms with van der Waals surface area (Å²) in [7, 11) is 2.61. The van der Waals surface area contributed by atoms with E-state index in [0.717, 1.165) is 29.5 Å². The first-order valence-corrected chi connectivity index (χ1v) is 5.19. The van der Waals surface area contributed by atoms with Crippen LogP contribution in [0.15, 0.2) is 0 Å². The summed E-state index contributed by atoms with van der Waals surface area (Å²) in [6.07, 6.45) is 6.06. The summed E-state index contributed by atoms with van der Waals surface area (Å²) < 4.78 is 0. The van der Waals surface area contributed by atoms with Gasteiger partial charge in [0.25, 0.3) is 0 Å². The van der Waals surface area contributed by atoms with E-state index in [1.54, 1.807) is 12.8 Å². The van der Waals surface area contributed by atoms with Gasteiger partial charge in [-0.25, -0.2) is 0 Å². The maximum Gasteiger partial charge on any atom is 0.114 e. The van der Waals surface area contributed by atoms with E-state index in [0.29, 0.717) is 0 Å². The molecule has 0 aromatic heterocycles. The van der Waals surface area contributed by atoms with Crippen LogP contribution in [0, 0.1) is 23.7 Å². The van der Waals surface area contributed by atoms with Gasteiger partial charge in [-0.1, -0.05) is 25.5 Å². The van der Waals surface area contributed by atoms with E-state index in [9.17, 15) is 0 Å². The highest BCUT2D eigenvalue weighted by Gasteiger charge is 2.52. The van der Waals surface area contributed by atoms with Crippen molar-refractivity contribution in [2.45, 2.75) is 38.3 Å². The second-order valence-electron chi connectivity index (χ2n) is 4.93. The molecule has 2 aliphatic carbocycles. The highest BCUT2D eigenvalue weighted by molar-refractivity contribution is 6.39. The van der Waals surface area contributed by atoms with Crippen molar-refractivity contribution in [3.63, 3.8) is 0 Å². The summed E-state index contributed by atoms with van der Waals surface area (Å²) in [5.74, 6) is 5.57. The summed E-state index contributed by atoms with van der Waals surface area (Å²) in [5.41, 5.74) is 0. The molecule has 59 valence electrons. The third-order valence-corrected chi connectivity index (χ3v) is 4.31. The summed E-state index contributed by atoms with van der Waals surface area (Å²) in [4.78, 5) is 0. The van der Waals surface area contributed by atoms with Gasteiger partial charge in [-0.05, 0) is 36.5 Å². The molecule has 0 aromatic carbocycles. The van der Waals surface area contributed by atoms with E-state index < -0.39 is 0 Å². The molecule has 11 heavy (non-hydrogen) atoms. The maximum atomic E-state index is 2.61. The molecule has 0 amide bonds. The smallest absolute Gasteiger partial charge is 0.0797 e. The van der Waals surface area contributed by atoms with E-state index in [1.807, 2.05) is 0 Å². The van der Waals surface area contributed by atoms with E-state index in [-0.39, 0.29) is 0 Å². The van der Waals surface area contributed by atoms with Gasteiger partial charge in [0, 0.05) is 0 Å². The maximum absolute atomic E-state index is 2.61. The third kappa shape index (κ3) is 0.831. The lowest BCUT2D eigenvalue weighted by Crippen LogP contribution is -2.32. The van der Waals surface area contributed by atoms with Gasteiger partial charge in [-0.2, -0.15) is 0 Å². The summed E-state index contributed by atoms with van der Waals surface area (Å²) >= 11 is 0. The fourth-order valence-electron chi connectivity index (χ4n) is 3.41. The zero-order valence-corrected chi connectivity index (χ0v) is 7.29. The summed E-state index contributed by atoms with van der Waals surface area (Å²) in [6.45, 7) is 2.42. The Morgan fingerprint density at radius 3 is 2.64 bits per heavy atom. The van der Waals surface area contributed by atoms with Crippen molar-refractivity contribution < 1.29 is 0 Å². The van der Waals surface area contributed by atoms with Crippen LogP contribution in [-0.4, -0.2) is 7.28 Å². The van der Waals surface area contributed by atoms with Crippen LogP contribution in [0.4, 0.5) is 0 Å². The lowest BCUT2D eigenvalue weighted by Gasteiger charge is -2.41. The normalized spacial score (nSPS) is 59.5. The van der Waals surface area contributed by atoms with Gasteiger partial charge < -0.3 is 0 Å². The first-order valence-electron chi connectivity index (χ1n) is 5.19. The van der Waals surface area contributed by atoms with Gasteiger partial charge in [0.2, 0.25) is 0 Å². The van der Waals surface area contributed by atoms with Gasteiger partial charge >= 0.3 is 0 Å². The van der Waals surface area contributed by atoms with Crippen molar-refractivity contribution >= 4 is 7.28 Å². The van der Waals surface area contributed by atoms with Gasteiger partial charge in [0.1, 0.15) is 7.28 Å². The van der Waals surface area contributed by atoms with Crippen LogP contribution in [-0.2, 0) is 0 Å². The van der Waals surface area contributed by atoms with Crippen molar-refractivity contribution in [2.24, 2.45) is 23.7 Å². The molecule has 3 rings (SSSR count). The Balaban J connectivity index is 1.66. The van der Waals surface area contributed by atoms with Crippen LogP contribution in [0.1, 0.15) is 26.2 Å². The average Bonchev–Trinajstić information content (AvgIpc) is 2.51. The fraction of sp³-hybridized carbons (Fsp3) is 1.00. The molecule has 0 spiro atoms. The Hall–Kier alpha value is 0.0649. The van der Waals surface area contributed by atoms with E-state index >= 15 is 0 Å². The summed E-state index contributed by atoms with van der Waals surface area (Å²) in [5, 5.41) is 0. The zero-order valence-electron chi connectivity index (χ0n) is 7.29. The van der Waals surface area contributed by atoms with Gasteiger partial charge in [-0.3, -0.25) is 0 Å². The Kier molecular flexibility index (Phi) is 1.23. The van der Waals surface area contributed by atoms with E-state index in [1.165, 1.54) is 12.7 Å². The molecule has 1 aliphatic heterocycles. The Morgan fingerprint density at radius 1 is 1.18 bits per heavy atom. The molecule has 1 saturated heterocycles. The van der Waals surface area contributed by atoms with Crippen LogP contribution in [0.2, 0.25) is 12.1 Å². The lowest BCUT2D eigenvalue weighted by molar-refractivity contribution is 0.173. The Labute approximate surface area is 70.0 Å². The first kappa shape index (κ1) is 6.57. The molecular formula is C10H16B. The Bertz CT molecular complexity index is 178. The fourth-order valence-corrected chi connectivity index (χ4v) is 3.41. The van der Waals surface area contributed by atoms with Gasteiger partial charge in [0.15, 0.2) is 0 Å². The van der Waals surface area contributed by atoms with Crippen molar-refractivity contribution in [1.29, 1.82) is 0 Å². The number of fused-ring (bicyclic) bond motifs is 1. The van der Waals surface area contributed by atoms with Crippen LogP contribution < -0.4 is 0 Å². The van der Waals surface area contributed by atoms with Crippen LogP contribution in [0.25, 0.3) is 0 Å². The monoisotopic (exact) mass is 147 g/mol. The molecule has 4 unspecified atom stereocenters. The largest absolute Gasteiger partial charge is 0.114 e. The number of rotatable bonds is 1. The molecule has 1 heterocycles. The molecule has 0 bridgehead atoms. The molecule has 0 aromatic rings. The SMILES string of the molecule is CC1CC1[C@H]1CC2CC[B]C21. The number of hydrogen-bond donors (Lipinski definition) is 0. The molecule has 2 saturated carbocycles. The Morgan fingerprint density at radius 2 is 2.00 bits per heavy atom. The predicted molar refractivity (Wildman–Crippen MR) is 47.8 cm³/mol. The number of hydrogen-bond acceptors (Lipinski definition) is 0. The van der Waals surface area contributed by atoms with E-state index in [2.05, 4.69) is 14.2 Å². The first-order chi connectivity index (χ1) is 5.36. The van der Waals surface area contributed by atoms with Crippen molar-refractivity contribution in [2.75, 3.05) is 0 Å². The molecule has 3 fully saturated rings. The quantitative estimate of drug-likeness (QED) is 0.500. The minimum absolute atomic E-state index is 1.07. The second kappa shape index (κ2) is 2.05. The van der Waals surface area contributed by atoms with Gasteiger partial charge in [-0.15, -0.1) is 0 Å². The molecule has 3 aliphatic rings. The molecule has 5 atom stereocenters. The van der Waals surface area contributed by atoms with E-state index in [4.69, 9.17) is 0 Å². The zero-order chi connectivity index (χ0) is 7.42. The third-order valence-electron chi connectivity index (χ3n) is 4.31. The van der Waals surface area contributed by atoms with Crippen molar-refractivity contribution in [3.8, 4) is 0 Å². The van der Waals surface area contributed by atoms with Crippen LogP contribution in [0.3, 0.4) is 0 Å². The summed E-state index contributed by atoms with van der Waals surface area (Å²) in [6, 6.07) is 0. The predicted octanol–water partition coefficient (Wildman–Crippen LogP) is 2.59. The van der Waals surface area contributed by atoms with Crippen LogP contribution >= 0.6 is 0 Å². The highest BCUT2D eigenvalue weighted by Crippen LogP contribution is 2.62. The van der Waals surface area contributed by atoms with Gasteiger partial charge in [0.05, 0.1) is 0 Å². The molecule has 1 heteroatoms. The highest BCUT2D eigenvalue weighted by atomic mass is 14.5. The minimum Gasteiger partial charge on any atom is -0.0797 e. The van der Waals surface area contributed by atoms with Crippen molar-refractivity contribution in [3.05, 3.63) is 0 Å². The standard InChI is InChI=1S/C10H16B/c1-6-4-8(6)9-5-7-2-3-11-10(7)9/h6-10H,2-5H2,1H3/t6?,7?,8?,9-,10?/m1/s1. The molecule has 0 nitrogen and oxygen atoms in total. The lowest BCUT2D eigenvalue weighted by atomic mass is 9.50. The molecule has 0 N–H and O–H groups in total. The van der Waals surface area contributed by atoms with Crippen molar-refractivity contribution in [1.82, 2.24) is 0 Å². The average molecular weight is 147 g/mol.